The largest absolute Gasteiger partial charge is 0.494 e. The van der Waals surface area contributed by atoms with E-state index < -0.39 is 126 Å². The summed E-state index contributed by atoms with van der Waals surface area (Å²) >= 11 is 0. The summed E-state index contributed by atoms with van der Waals surface area (Å²) in [5.41, 5.74) is 17.0. The molecule has 3 rings (SSSR count). The normalized spacial score (nSPS) is 23.8. The highest BCUT2D eigenvalue weighted by Gasteiger charge is 2.41. The fraction of sp³-hybridized carbons (Fsp3) is 0.628. The van der Waals surface area contributed by atoms with Crippen LogP contribution in [-0.2, 0) is 54.4 Å². The number of amides is 10. The number of nitrogens with zero attached hydrogens (tertiary/aromatic N) is 1. The molecule has 0 radical (unpaired) electrons. The monoisotopic (exact) mass is 993 g/mol. The average molecular weight is 994 g/mol. The first kappa shape index (κ1) is 56.7. The van der Waals surface area contributed by atoms with E-state index in [1.165, 1.54) is 22.6 Å². The van der Waals surface area contributed by atoms with Gasteiger partial charge in [-0.2, -0.15) is 0 Å². The van der Waals surface area contributed by atoms with Crippen molar-refractivity contribution >= 4 is 80.7 Å². The van der Waals surface area contributed by atoms with Gasteiger partial charge in [-0.25, -0.2) is 0 Å². The molecule has 25 heteroatoms. The summed E-state index contributed by atoms with van der Waals surface area (Å²) in [5.74, 6) is -8.07. The van der Waals surface area contributed by atoms with Crippen LogP contribution in [0.3, 0.4) is 0 Å². The Morgan fingerprint density at radius 3 is 2.15 bits per heavy atom. The van der Waals surface area contributed by atoms with Crippen molar-refractivity contribution in [3.63, 3.8) is 0 Å². The van der Waals surface area contributed by atoms with Crippen LogP contribution < -0.4 is 59.2 Å². The molecule has 2 saturated heterocycles. The molecular weight excluding hydrogens is 927 g/mol. The number of primary amides is 2. The first-order valence-corrected chi connectivity index (χ1v) is 25.1. The molecule has 68 heavy (non-hydrogen) atoms. The van der Waals surface area contributed by atoms with Gasteiger partial charge in [-0.1, -0.05) is 54.0 Å². The van der Waals surface area contributed by atoms with Crippen LogP contribution >= 0.6 is 21.6 Å². The summed E-state index contributed by atoms with van der Waals surface area (Å²) in [6.07, 6.45) is -1.05. The average Bonchev–Trinajstić information content (AvgIpc) is 3.79. The van der Waals surface area contributed by atoms with Crippen LogP contribution in [0.5, 0.6) is 5.75 Å². The lowest BCUT2D eigenvalue weighted by Gasteiger charge is -2.31. The topological polar surface area (TPSA) is 366 Å². The Morgan fingerprint density at radius 1 is 0.868 bits per heavy atom. The van der Waals surface area contributed by atoms with E-state index in [1.807, 2.05) is 6.92 Å². The smallest absolute Gasteiger partial charge is 0.246 e. The maximum Gasteiger partial charge on any atom is 0.246 e. The molecule has 23 nitrogen and oxygen atoms in total. The maximum absolute atomic E-state index is 14.4. The molecule has 9 atom stereocenters. The van der Waals surface area contributed by atoms with Gasteiger partial charge in [0.15, 0.2) is 0 Å². The van der Waals surface area contributed by atoms with Gasteiger partial charge in [0, 0.05) is 30.9 Å². The molecule has 14 N–H and O–H groups in total. The van der Waals surface area contributed by atoms with E-state index in [-0.39, 0.29) is 50.3 Å². The first-order valence-electron chi connectivity index (χ1n) is 22.6. The minimum Gasteiger partial charge on any atom is -0.494 e. The molecule has 0 aromatic heterocycles. The number of nitrogens with one attached hydrogen (secondary N) is 7. The van der Waals surface area contributed by atoms with Gasteiger partial charge in [-0.15, -0.1) is 0 Å². The van der Waals surface area contributed by atoms with E-state index in [4.69, 9.17) is 21.9 Å². The SMILES string of the molecule is CCOc1ccc(CC2NC(=O)CCSSCC(C(=O)N3CCC[C@H]3C(=O)N[C@@H](CCCN)C(=O)NCC(N)=O)NC(=O)C(CC(N)=O)NC(=O)[C@H]([C@@H](C)O)NC(=O)[C@H](C(C)CC)NC2=O)cc1. The molecule has 0 bridgehead atoms. The Labute approximate surface area is 403 Å². The lowest BCUT2D eigenvalue weighted by Crippen LogP contribution is -2.63. The third-order valence-electron chi connectivity index (χ3n) is 11.2. The Bertz CT molecular complexity index is 1950. The van der Waals surface area contributed by atoms with Crippen molar-refractivity contribution in [2.24, 2.45) is 23.1 Å². The van der Waals surface area contributed by atoms with Gasteiger partial charge in [0.05, 0.1) is 25.7 Å². The number of ether oxygens (including phenoxy) is 1. The molecular formula is C43H67N11O12S2. The predicted molar refractivity (Wildman–Crippen MR) is 253 cm³/mol. The van der Waals surface area contributed by atoms with Gasteiger partial charge in [0.1, 0.15) is 48.0 Å². The molecule has 2 heterocycles. The zero-order chi connectivity index (χ0) is 50.5. The highest BCUT2D eigenvalue weighted by Crippen LogP contribution is 2.26. The number of aliphatic hydroxyl groups excluding tert-OH is 1. The van der Waals surface area contributed by atoms with E-state index in [1.54, 1.807) is 38.1 Å². The van der Waals surface area contributed by atoms with E-state index in [0.29, 0.717) is 37.2 Å². The Kier molecular flexibility index (Phi) is 23.8. The van der Waals surface area contributed by atoms with Crippen LogP contribution in [0, 0.1) is 5.92 Å². The lowest BCUT2D eigenvalue weighted by molar-refractivity contribution is -0.142. The zero-order valence-corrected chi connectivity index (χ0v) is 40.5. The number of likely N-dealkylation sites (tertiary alicyclic amines) is 1. The lowest BCUT2D eigenvalue weighted by atomic mass is 9.96. The predicted octanol–water partition coefficient (Wildman–Crippen LogP) is -3.04. The summed E-state index contributed by atoms with van der Waals surface area (Å²) in [6, 6.07) is -2.62. The highest BCUT2D eigenvalue weighted by atomic mass is 33.1. The van der Waals surface area contributed by atoms with Crippen molar-refractivity contribution in [1.82, 2.24) is 42.1 Å². The minimum atomic E-state index is -1.74. The van der Waals surface area contributed by atoms with E-state index in [9.17, 15) is 53.1 Å². The van der Waals surface area contributed by atoms with Crippen LogP contribution in [0.15, 0.2) is 24.3 Å². The summed E-state index contributed by atoms with van der Waals surface area (Å²) < 4.78 is 5.53. The summed E-state index contributed by atoms with van der Waals surface area (Å²) in [6.45, 7) is 6.72. The molecule has 1 aromatic rings. The van der Waals surface area contributed by atoms with Crippen molar-refractivity contribution < 1.29 is 57.8 Å². The van der Waals surface area contributed by atoms with Gasteiger partial charge in [0.25, 0.3) is 0 Å². The number of benzene rings is 1. The Balaban J connectivity index is 1.99. The van der Waals surface area contributed by atoms with Gasteiger partial charge >= 0.3 is 0 Å². The minimum absolute atomic E-state index is 0.0243. The molecule has 4 unspecified atom stereocenters. The second kappa shape index (κ2) is 28.6. The molecule has 2 aliphatic heterocycles. The quantitative estimate of drug-likeness (QED) is 0.0652. The summed E-state index contributed by atoms with van der Waals surface area (Å²) in [7, 11) is 2.27. The maximum atomic E-state index is 14.4. The highest BCUT2D eigenvalue weighted by molar-refractivity contribution is 8.76. The number of carbonyl (C=O) groups is 10. The van der Waals surface area contributed by atoms with E-state index >= 15 is 0 Å². The number of hydrogen-bond acceptors (Lipinski definition) is 15. The fourth-order valence-electron chi connectivity index (χ4n) is 7.29. The van der Waals surface area contributed by atoms with Gasteiger partial charge in [-0.3, -0.25) is 47.9 Å². The zero-order valence-electron chi connectivity index (χ0n) is 38.8. The number of rotatable bonds is 18. The van der Waals surface area contributed by atoms with Crippen LogP contribution in [0.25, 0.3) is 0 Å². The molecule has 2 fully saturated rings. The Morgan fingerprint density at radius 2 is 1.53 bits per heavy atom. The number of nitrogens with two attached hydrogens (primary N) is 3. The first-order chi connectivity index (χ1) is 32.3. The van der Waals surface area contributed by atoms with Gasteiger partial charge in [-0.05, 0) is 69.7 Å². The van der Waals surface area contributed by atoms with E-state index in [0.717, 1.165) is 10.8 Å². The van der Waals surface area contributed by atoms with Gasteiger partial charge in [0.2, 0.25) is 59.1 Å². The molecule has 0 saturated carbocycles. The number of hydrogen-bond donors (Lipinski definition) is 11. The van der Waals surface area contributed by atoms with Crippen molar-refractivity contribution in [3.05, 3.63) is 29.8 Å². The molecule has 0 spiro atoms. The standard InChI is InChI=1S/C43H67N11O12S2/c1-5-23(3)35-41(63)53-36(24(4)55)42(64)50-29(20-32(45)56)38(60)51-30(43(65)54-17-8-10-31(54)40(62)49-27(9-7-16-44)37(59)47-21-33(46)57)22-68-67-18-15-34(58)48-28(39(61)52-35)19-25-11-13-26(14-12-25)66-6-2/h11-14,23-24,27-31,35-36,55H,5-10,15-22,44H2,1-4H3,(H2,45,56)(H2,46,57)(H,47,59)(H,48,58)(H,49,62)(H,50,64)(H,51,60)(H,52,61)(H,53,63)/t23?,24-,27+,28?,29?,30?,31+,35+,36+/m1/s1. The fourth-order valence-corrected chi connectivity index (χ4v) is 9.44. The number of aliphatic hydroxyl groups is 1. The second-order valence-corrected chi connectivity index (χ2v) is 19.1. The molecule has 378 valence electrons. The van der Waals surface area contributed by atoms with Crippen LogP contribution in [0.2, 0.25) is 0 Å². The Hall–Kier alpha value is -5.66. The van der Waals surface area contributed by atoms with Crippen molar-refractivity contribution in [1.29, 1.82) is 0 Å². The second-order valence-electron chi connectivity index (χ2n) is 16.5. The van der Waals surface area contributed by atoms with Crippen LogP contribution in [-0.4, -0.2) is 155 Å². The molecule has 1 aromatic carbocycles. The van der Waals surface area contributed by atoms with E-state index in [2.05, 4.69) is 37.2 Å². The molecule has 10 amide bonds. The van der Waals surface area contributed by atoms with Crippen molar-refractivity contribution in [2.75, 3.05) is 37.7 Å². The molecule has 0 aliphatic carbocycles. The van der Waals surface area contributed by atoms with Crippen LogP contribution in [0.1, 0.15) is 78.2 Å². The third kappa shape index (κ3) is 18.1. The van der Waals surface area contributed by atoms with Crippen molar-refractivity contribution in [2.45, 2.75) is 127 Å². The molecule has 2 aliphatic rings. The van der Waals surface area contributed by atoms with Gasteiger partial charge < -0.3 is 69.2 Å². The summed E-state index contributed by atoms with van der Waals surface area (Å²) in [5, 5.41) is 28.7. The van der Waals surface area contributed by atoms with Crippen LogP contribution in [0.4, 0.5) is 0 Å². The number of carbonyl (C=O) groups excluding carboxylic acids is 10. The summed E-state index contributed by atoms with van der Waals surface area (Å²) in [4.78, 5) is 135. The van der Waals surface area contributed by atoms with Crippen molar-refractivity contribution in [3.8, 4) is 5.75 Å². The third-order valence-corrected chi connectivity index (χ3v) is 13.6.